The van der Waals surface area contributed by atoms with Crippen molar-refractivity contribution in [2.45, 2.75) is 13.3 Å². The van der Waals surface area contributed by atoms with Gasteiger partial charge < -0.3 is 20.3 Å². The van der Waals surface area contributed by atoms with E-state index in [1.54, 1.807) is 7.05 Å². The van der Waals surface area contributed by atoms with E-state index in [1.165, 1.54) is 11.5 Å². The lowest BCUT2D eigenvalue weighted by atomic mass is 10.1. The number of ether oxygens (including phenoxy) is 1. The number of carbonyl (C=O) groups is 2. The second-order valence-electron chi connectivity index (χ2n) is 6.04. The van der Waals surface area contributed by atoms with Crippen molar-refractivity contribution >= 4 is 34.0 Å². The minimum absolute atomic E-state index is 0.101. The van der Waals surface area contributed by atoms with Gasteiger partial charge in [0.1, 0.15) is 5.00 Å². The molecule has 1 aromatic carbocycles. The lowest BCUT2D eigenvalue weighted by Crippen LogP contribution is -2.41. The van der Waals surface area contributed by atoms with Crippen molar-refractivity contribution in [1.82, 2.24) is 9.27 Å². The molecule has 7 nitrogen and oxygen atoms in total. The summed E-state index contributed by atoms with van der Waals surface area (Å²) in [7, 11) is 1.77. The fourth-order valence-electron chi connectivity index (χ4n) is 2.81. The molecule has 1 aliphatic heterocycles. The maximum absolute atomic E-state index is 12.5. The van der Waals surface area contributed by atoms with Gasteiger partial charge in [-0.2, -0.15) is 4.37 Å². The van der Waals surface area contributed by atoms with Crippen LogP contribution in [0.1, 0.15) is 21.6 Å². The number of aryl methyl sites for hydroxylation is 1. The lowest BCUT2D eigenvalue weighted by molar-refractivity contribution is -0.134. The monoisotopic (exact) mass is 374 g/mol. The highest BCUT2D eigenvalue weighted by Gasteiger charge is 2.19. The molecule has 0 radical (unpaired) electrons. The molecule has 2 heterocycles. The summed E-state index contributed by atoms with van der Waals surface area (Å²) in [5, 5.41) is 6.61. The van der Waals surface area contributed by atoms with Crippen molar-refractivity contribution in [3.63, 3.8) is 0 Å². The molecule has 0 unspecified atom stereocenters. The number of hydrogen-bond acceptors (Lipinski definition) is 6. The van der Waals surface area contributed by atoms with E-state index in [0.29, 0.717) is 49.7 Å². The molecular formula is C18H22N4O3S. The molecule has 2 amide bonds. The first kappa shape index (κ1) is 18.3. The highest BCUT2D eigenvalue weighted by molar-refractivity contribution is 7.10. The van der Waals surface area contributed by atoms with Crippen LogP contribution >= 0.6 is 11.5 Å². The van der Waals surface area contributed by atoms with E-state index in [1.807, 2.05) is 36.1 Å². The van der Waals surface area contributed by atoms with E-state index in [9.17, 15) is 9.59 Å². The Morgan fingerprint density at radius 1 is 1.23 bits per heavy atom. The number of amides is 2. The predicted molar refractivity (Wildman–Crippen MR) is 102 cm³/mol. The number of aromatic nitrogens is 1. The Labute approximate surface area is 156 Å². The Hall–Kier alpha value is -2.45. The molecule has 1 fully saturated rings. The highest BCUT2D eigenvalue weighted by atomic mass is 32.1. The second kappa shape index (κ2) is 8.29. The summed E-state index contributed by atoms with van der Waals surface area (Å²) in [5.41, 5.74) is 2.86. The third-order valence-electron chi connectivity index (χ3n) is 4.25. The molecular weight excluding hydrogens is 352 g/mol. The first-order valence-electron chi connectivity index (χ1n) is 8.48. The molecule has 1 aromatic heterocycles. The first-order chi connectivity index (χ1) is 12.6. The summed E-state index contributed by atoms with van der Waals surface area (Å²) in [5.74, 6) is -0.0959. The zero-order valence-corrected chi connectivity index (χ0v) is 15.7. The van der Waals surface area contributed by atoms with Gasteiger partial charge in [0.15, 0.2) is 0 Å². The Balaban J connectivity index is 1.61. The van der Waals surface area contributed by atoms with Crippen LogP contribution in [-0.2, 0) is 16.0 Å². The molecule has 2 N–H and O–H groups in total. The topological polar surface area (TPSA) is 83.6 Å². The Kier molecular flexibility index (Phi) is 5.85. The predicted octanol–water partition coefficient (Wildman–Crippen LogP) is 2.15. The highest BCUT2D eigenvalue weighted by Crippen LogP contribution is 2.25. The van der Waals surface area contributed by atoms with E-state index in [4.69, 9.17) is 4.74 Å². The maximum atomic E-state index is 12.5. The average Bonchev–Trinajstić information content (AvgIpc) is 3.04. The van der Waals surface area contributed by atoms with Crippen LogP contribution in [0.25, 0.3) is 0 Å². The third kappa shape index (κ3) is 4.20. The summed E-state index contributed by atoms with van der Waals surface area (Å²) in [6.07, 6.45) is 0.353. The number of morpholine rings is 1. The Morgan fingerprint density at radius 2 is 1.92 bits per heavy atom. The summed E-state index contributed by atoms with van der Waals surface area (Å²) < 4.78 is 9.47. The smallest absolute Gasteiger partial charge is 0.260 e. The summed E-state index contributed by atoms with van der Waals surface area (Å²) >= 11 is 1.26. The normalized spacial score (nSPS) is 14.2. The summed E-state index contributed by atoms with van der Waals surface area (Å²) in [4.78, 5) is 26.6. The van der Waals surface area contributed by atoms with Crippen LogP contribution in [0.3, 0.4) is 0 Å². The van der Waals surface area contributed by atoms with E-state index in [2.05, 4.69) is 15.0 Å². The van der Waals surface area contributed by atoms with Gasteiger partial charge in [0.05, 0.1) is 30.9 Å². The molecule has 1 aliphatic rings. The van der Waals surface area contributed by atoms with E-state index < -0.39 is 0 Å². The van der Waals surface area contributed by atoms with E-state index >= 15 is 0 Å². The van der Waals surface area contributed by atoms with Gasteiger partial charge in [-0.25, -0.2) is 0 Å². The number of nitrogens with one attached hydrogen (secondary N) is 2. The van der Waals surface area contributed by atoms with Crippen molar-refractivity contribution < 1.29 is 14.3 Å². The lowest BCUT2D eigenvalue weighted by Gasteiger charge is -2.26. The van der Waals surface area contributed by atoms with Gasteiger partial charge in [-0.3, -0.25) is 9.59 Å². The van der Waals surface area contributed by atoms with Crippen molar-refractivity contribution in [3.8, 4) is 0 Å². The molecule has 0 aliphatic carbocycles. The third-order valence-corrected chi connectivity index (χ3v) is 5.20. The fourth-order valence-corrected chi connectivity index (χ4v) is 3.55. The number of benzene rings is 1. The van der Waals surface area contributed by atoms with Gasteiger partial charge in [-0.1, -0.05) is 12.1 Å². The maximum Gasteiger partial charge on any atom is 0.260 e. The SMILES string of the molecule is CNc1snc(C)c1C(=O)Nc1ccc(CC(=O)N2CCOCC2)cc1. The number of anilines is 2. The quantitative estimate of drug-likeness (QED) is 0.838. The van der Waals surface area contributed by atoms with Crippen molar-refractivity contribution in [3.05, 3.63) is 41.1 Å². The molecule has 3 rings (SSSR count). The zero-order valence-electron chi connectivity index (χ0n) is 14.9. The van der Waals surface area contributed by atoms with Crippen LogP contribution in [0, 0.1) is 6.92 Å². The van der Waals surface area contributed by atoms with Crippen LogP contribution in [0.4, 0.5) is 10.7 Å². The van der Waals surface area contributed by atoms with E-state index in [0.717, 1.165) is 10.6 Å². The zero-order chi connectivity index (χ0) is 18.5. The van der Waals surface area contributed by atoms with Gasteiger partial charge in [-0.05, 0) is 36.2 Å². The van der Waals surface area contributed by atoms with Crippen LogP contribution in [0.2, 0.25) is 0 Å². The van der Waals surface area contributed by atoms with Crippen LogP contribution in [0.15, 0.2) is 24.3 Å². The van der Waals surface area contributed by atoms with Crippen molar-refractivity contribution in [2.24, 2.45) is 0 Å². The van der Waals surface area contributed by atoms with Gasteiger partial charge in [-0.15, -0.1) is 0 Å². The molecule has 0 bridgehead atoms. The fraction of sp³-hybridized carbons (Fsp3) is 0.389. The standard InChI is InChI=1S/C18H22N4O3S/c1-12-16(18(19-2)26-21-12)17(24)20-14-5-3-13(4-6-14)11-15(23)22-7-9-25-10-8-22/h3-6,19H,7-11H2,1-2H3,(H,20,24). The van der Waals surface area contributed by atoms with Crippen LogP contribution in [-0.4, -0.2) is 54.4 Å². The Bertz CT molecular complexity index is 782. The number of carbonyl (C=O) groups excluding carboxylic acids is 2. The summed E-state index contributed by atoms with van der Waals surface area (Å²) in [6.45, 7) is 4.31. The molecule has 26 heavy (non-hydrogen) atoms. The van der Waals surface area contributed by atoms with Crippen LogP contribution < -0.4 is 10.6 Å². The minimum Gasteiger partial charge on any atom is -0.378 e. The van der Waals surface area contributed by atoms with E-state index in [-0.39, 0.29) is 11.8 Å². The molecule has 0 saturated carbocycles. The molecule has 8 heteroatoms. The molecule has 0 atom stereocenters. The van der Waals surface area contributed by atoms with Gasteiger partial charge >= 0.3 is 0 Å². The minimum atomic E-state index is -0.197. The molecule has 2 aromatic rings. The van der Waals surface area contributed by atoms with Gasteiger partial charge in [0.2, 0.25) is 5.91 Å². The second-order valence-corrected chi connectivity index (χ2v) is 6.82. The number of rotatable bonds is 5. The number of nitrogens with zero attached hydrogens (tertiary/aromatic N) is 2. The number of hydrogen-bond donors (Lipinski definition) is 2. The Morgan fingerprint density at radius 3 is 2.58 bits per heavy atom. The van der Waals surface area contributed by atoms with Gasteiger partial charge in [0, 0.05) is 25.8 Å². The molecule has 0 spiro atoms. The van der Waals surface area contributed by atoms with Crippen molar-refractivity contribution in [1.29, 1.82) is 0 Å². The average molecular weight is 374 g/mol. The molecule has 1 saturated heterocycles. The first-order valence-corrected chi connectivity index (χ1v) is 9.25. The van der Waals surface area contributed by atoms with Gasteiger partial charge in [0.25, 0.3) is 5.91 Å². The summed E-state index contributed by atoms with van der Waals surface area (Å²) in [6, 6.07) is 7.36. The van der Waals surface area contributed by atoms with Crippen molar-refractivity contribution in [2.75, 3.05) is 44.0 Å². The largest absolute Gasteiger partial charge is 0.378 e. The van der Waals surface area contributed by atoms with Crippen LogP contribution in [0.5, 0.6) is 0 Å². The molecule has 138 valence electrons.